The van der Waals surface area contributed by atoms with Crippen LogP contribution in [0.2, 0.25) is 0 Å². The van der Waals surface area contributed by atoms with Crippen molar-refractivity contribution in [2.24, 2.45) is 0 Å². The summed E-state index contributed by atoms with van der Waals surface area (Å²) >= 11 is 0. The largest absolute Gasteiger partial charge is 0.465 e. The number of aryl methyl sites for hydroxylation is 1. The van der Waals surface area contributed by atoms with Gasteiger partial charge in [0.05, 0.1) is 12.0 Å². The minimum atomic E-state index is -0.817. The Bertz CT molecular complexity index is 377. The normalized spacial score (nSPS) is 11.3. The zero-order valence-corrected chi connectivity index (χ0v) is 10.1. The van der Waals surface area contributed by atoms with E-state index < -0.39 is 5.41 Å². The van der Waals surface area contributed by atoms with Crippen molar-refractivity contribution in [3.63, 3.8) is 0 Å². The average molecular weight is 224 g/mol. The summed E-state index contributed by atoms with van der Waals surface area (Å²) in [5.41, 5.74) is 0.624. The second-order valence-electron chi connectivity index (χ2n) is 4.36. The van der Waals surface area contributed by atoms with Crippen LogP contribution in [-0.2, 0) is 14.9 Å². The molecule has 0 aliphatic heterocycles. The summed E-state index contributed by atoms with van der Waals surface area (Å²) in [4.78, 5) is 11.7. The highest BCUT2D eigenvalue weighted by Gasteiger charge is 2.31. The molecular weight excluding hydrogens is 207 g/mol. The summed E-state index contributed by atoms with van der Waals surface area (Å²) in [5.74, 6) is -0.660. The van der Waals surface area contributed by atoms with Gasteiger partial charge in [0, 0.05) is 0 Å². The maximum Gasteiger partial charge on any atom is 0.315 e. The highest BCUT2D eigenvalue weighted by atomic mass is 19.1. The van der Waals surface area contributed by atoms with Crippen molar-refractivity contribution in [1.29, 1.82) is 0 Å². The van der Waals surface area contributed by atoms with Gasteiger partial charge in [0.2, 0.25) is 0 Å². The Labute approximate surface area is 95.4 Å². The van der Waals surface area contributed by atoms with Crippen LogP contribution in [0.5, 0.6) is 0 Å². The highest BCUT2D eigenvalue weighted by Crippen LogP contribution is 2.26. The Balaban J connectivity index is 3.10. The summed E-state index contributed by atoms with van der Waals surface area (Å²) in [6, 6.07) is 4.62. The molecule has 0 spiro atoms. The molecule has 0 aliphatic carbocycles. The van der Waals surface area contributed by atoms with Crippen molar-refractivity contribution in [1.82, 2.24) is 0 Å². The molecule has 0 fully saturated rings. The number of halogens is 1. The molecule has 0 saturated heterocycles. The average Bonchev–Trinajstić information content (AvgIpc) is 2.16. The molecule has 0 heterocycles. The molecule has 2 nitrogen and oxygen atoms in total. The maximum absolute atomic E-state index is 13.3. The highest BCUT2D eigenvalue weighted by molar-refractivity contribution is 5.82. The molecule has 88 valence electrons. The molecule has 0 radical (unpaired) electrons. The van der Waals surface area contributed by atoms with Crippen LogP contribution in [0.4, 0.5) is 4.39 Å². The molecule has 0 aliphatic rings. The summed E-state index contributed by atoms with van der Waals surface area (Å²) < 4.78 is 18.2. The van der Waals surface area contributed by atoms with Crippen molar-refractivity contribution in [2.75, 3.05) is 6.61 Å². The molecular formula is C13H17FO2. The van der Waals surface area contributed by atoms with E-state index in [0.717, 1.165) is 5.56 Å². The van der Waals surface area contributed by atoms with E-state index in [-0.39, 0.29) is 11.8 Å². The van der Waals surface area contributed by atoms with E-state index in [9.17, 15) is 9.18 Å². The fourth-order valence-corrected chi connectivity index (χ4v) is 1.53. The minimum absolute atomic E-state index is 0.327. The van der Waals surface area contributed by atoms with Gasteiger partial charge in [-0.3, -0.25) is 4.79 Å². The van der Waals surface area contributed by atoms with Gasteiger partial charge in [0.25, 0.3) is 0 Å². The van der Waals surface area contributed by atoms with Gasteiger partial charge in [-0.2, -0.15) is 0 Å². The van der Waals surface area contributed by atoms with Gasteiger partial charge in [-0.05, 0) is 51.0 Å². The van der Waals surface area contributed by atoms with Gasteiger partial charge in [-0.1, -0.05) is 6.07 Å². The van der Waals surface area contributed by atoms with Gasteiger partial charge in [-0.25, -0.2) is 4.39 Å². The number of benzene rings is 1. The third-order valence-electron chi connectivity index (χ3n) is 2.55. The predicted molar refractivity (Wildman–Crippen MR) is 60.8 cm³/mol. The lowest BCUT2D eigenvalue weighted by atomic mass is 9.84. The summed E-state index contributed by atoms with van der Waals surface area (Å²) in [5, 5.41) is 0. The van der Waals surface area contributed by atoms with Crippen molar-refractivity contribution in [2.45, 2.75) is 33.1 Å². The van der Waals surface area contributed by atoms with Crippen LogP contribution in [-0.4, -0.2) is 12.6 Å². The third-order valence-corrected chi connectivity index (χ3v) is 2.55. The number of carbonyl (C=O) groups excluding carboxylic acids is 1. The fourth-order valence-electron chi connectivity index (χ4n) is 1.53. The number of rotatable bonds is 3. The topological polar surface area (TPSA) is 26.3 Å². The van der Waals surface area contributed by atoms with Gasteiger partial charge >= 0.3 is 5.97 Å². The second kappa shape index (κ2) is 4.64. The molecule has 0 unspecified atom stereocenters. The first kappa shape index (κ1) is 12.7. The molecule has 16 heavy (non-hydrogen) atoms. The standard InChI is InChI=1S/C13H17FO2/c1-5-16-12(15)13(3,4)10-6-9(2)7-11(14)8-10/h6-8H,5H2,1-4H3. The number of carbonyl (C=O) groups is 1. The second-order valence-corrected chi connectivity index (χ2v) is 4.36. The predicted octanol–water partition coefficient (Wildman–Crippen LogP) is 2.97. The van der Waals surface area contributed by atoms with Crippen molar-refractivity contribution < 1.29 is 13.9 Å². The van der Waals surface area contributed by atoms with Crippen LogP contribution in [0.1, 0.15) is 31.9 Å². The van der Waals surface area contributed by atoms with E-state index in [2.05, 4.69) is 0 Å². The Hall–Kier alpha value is -1.38. The van der Waals surface area contributed by atoms with E-state index in [1.165, 1.54) is 12.1 Å². The van der Waals surface area contributed by atoms with Crippen LogP contribution in [0.25, 0.3) is 0 Å². The summed E-state index contributed by atoms with van der Waals surface area (Å²) in [6.07, 6.45) is 0. The Morgan fingerprint density at radius 2 is 2.00 bits per heavy atom. The van der Waals surface area contributed by atoms with E-state index >= 15 is 0 Å². The van der Waals surface area contributed by atoms with Crippen LogP contribution in [0, 0.1) is 12.7 Å². The van der Waals surface area contributed by atoms with E-state index in [1.54, 1.807) is 33.8 Å². The smallest absolute Gasteiger partial charge is 0.315 e. The molecule has 0 bridgehead atoms. The minimum Gasteiger partial charge on any atom is -0.465 e. The quantitative estimate of drug-likeness (QED) is 0.738. The molecule has 1 aromatic rings. The van der Waals surface area contributed by atoms with Crippen LogP contribution >= 0.6 is 0 Å². The molecule has 0 amide bonds. The van der Waals surface area contributed by atoms with Gasteiger partial charge < -0.3 is 4.74 Å². The van der Waals surface area contributed by atoms with Gasteiger partial charge in [-0.15, -0.1) is 0 Å². The first-order chi connectivity index (χ1) is 7.37. The molecule has 3 heteroatoms. The number of hydrogen-bond acceptors (Lipinski definition) is 2. The molecule has 0 atom stereocenters. The lowest BCUT2D eigenvalue weighted by Gasteiger charge is -2.23. The van der Waals surface area contributed by atoms with Crippen LogP contribution in [0.3, 0.4) is 0 Å². The zero-order valence-electron chi connectivity index (χ0n) is 10.1. The van der Waals surface area contributed by atoms with E-state index in [1.807, 2.05) is 0 Å². The Kier molecular flexibility index (Phi) is 3.68. The number of hydrogen-bond donors (Lipinski definition) is 0. The third kappa shape index (κ3) is 2.60. The molecule has 0 saturated carbocycles. The Morgan fingerprint density at radius 1 is 1.38 bits per heavy atom. The van der Waals surface area contributed by atoms with Crippen LogP contribution < -0.4 is 0 Å². The summed E-state index contributed by atoms with van der Waals surface area (Å²) in [7, 11) is 0. The first-order valence-electron chi connectivity index (χ1n) is 5.33. The van der Waals surface area contributed by atoms with Crippen LogP contribution in [0.15, 0.2) is 18.2 Å². The fraction of sp³-hybridized carbons (Fsp3) is 0.462. The maximum atomic E-state index is 13.3. The SMILES string of the molecule is CCOC(=O)C(C)(C)c1cc(C)cc(F)c1. The van der Waals surface area contributed by atoms with Gasteiger partial charge in [0.1, 0.15) is 5.82 Å². The zero-order chi connectivity index (χ0) is 12.3. The summed E-state index contributed by atoms with van der Waals surface area (Å²) in [6.45, 7) is 7.35. The van der Waals surface area contributed by atoms with Gasteiger partial charge in [0.15, 0.2) is 0 Å². The monoisotopic (exact) mass is 224 g/mol. The van der Waals surface area contributed by atoms with E-state index in [0.29, 0.717) is 12.2 Å². The molecule has 1 aromatic carbocycles. The lowest BCUT2D eigenvalue weighted by molar-refractivity contribution is -0.148. The lowest BCUT2D eigenvalue weighted by Crippen LogP contribution is -2.31. The van der Waals surface area contributed by atoms with Crippen molar-refractivity contribution in [3.05, 3.63) is 35.1 Å². The first-order valence-corrected chi connectivity index (χ1v) is 5.33. The van der Waals surface area contributed by atoms with Crippen molar-refractivity contribution >= 4 is 5.97 Å². The van der Waals surface area contributed by atoms with E-state index in [4.69, 9.17) is 4.74 Å². The molecule has 0 N–H and O–H groups in total. The van der Waals surface area contributed by atoms with Crippen molar-refractivity contribution in [3.8, 4) is 0 Å². The molecule has 1 rings (SSSR count). The number of esters is 1. The number of ether oxygens (including phenoxy) is 1. The molecule has 0 aromatic heterocycles. The Morgan fingerprint density at radius 3 is 2.50 bits per heavy atom.